The molecule has 3 unspecified atom stereocenters. The van der Waals surface area contributed by atoms with Crippen molar-refractivity contribution in [1.29, 1.82) is 0 Å². The van der Waals surface area contributed by atoms with Crippen LogP contribution in [0.25, 0.3) is 0 Å². The van der Waals surface area contributed by atoms with Crippen molar-refractivity contribution in [2.75, 3.05) is 40.9 Å². The number of amides is 1. The molecule has 0 saturated heterocycles. The molecule has 0 rings (SSSR count). The predicted octanol–water partition coefficient (Wildman–Crippen LogP) is 15.0. The summed E-state index contributed by atoms with van der Waals surface area (Å²) in [6.07, 6.45) is 58.9. The smallest absolute Gasteiger partial charge is 0.268 e. The van der Waals surface area contributed by atoms with Crippen LogP contribution in [0.2, 0.25) is 0 Å². The van der Waals surface area contributed by atoms with E-state index in [1.807, 2.05) is 27.2 Å². The molecule has 0 heterocycles. The van der Waals surface area contributed by atoms with Crippen LogP contribution in [-0.2, 0) is 18.4 Å². The number of phosphoric ester groups is 1. The number of quaternary nitrogens is 1. The van der Waals surface area contributed by atoms with Gasteiger partial charge in [0.25, 0.3) is 7.82 Å². The van der Waals surface area contributed by atoms with E-state index in [1.165, 1.54) is 161 Å². The summed E-state index contributed by atoms with van der Waals surface area (Å²) in [6, 6.07) is -0.908. The summed E-state index contributed by atoms with van der Waals surface area (Å²) in [6.45, 7) is 4.62. The molecule has 0 aliphatic heterocycles. The quantitative estimate of drug-likeness (QED) is 0.0272. The Morgan fingerprint density at radius 1 is 0.556 bits per heavy atom. The maximum Gasteiger partial charge on any atom is 0.268 e. The fourth-order valence-corrected chi connectivity index (χ4v) is 8.28. The van der Waals surface area contributed by atoms with Gasteiger partial charge in [-0.05, 0) is 64.2 Å². The number of aliphatic hydroxyl groups excluding tert-OH is 1. The van der Waals surface area contributed by atoms with Gasteiger partial charge < -0.3 is 28.8 Å². The number of carbonyl (C=O) groups excluding carboxylic acids is 1. The lowest BCUT2D eigenvalue weighted by molar-refractivity contribution is -0.870. The summed E-state index contributed by atoms with van der Waals surface area (Å²) in [5.74, 6) is -0.215. The molecule has 0 aliphatic rings. The Kier molecular flexibility index (Phi) is 44.5. The maximum absolute atomic E-state index is 12.9. The Labute approximate surface area is 390 Å². The normalized spacial score (nSPS) is 14.5. The number of likely N-dealkylation sites (N-methyl/N-ethyl adjacent to an activating group) is 1. The predicted molar refractivity (Wildman–Crippen MR) is 270 cm³/mol. The van der Waals surface area contributed by atoms with Gasteiger partial charge in [-0.25, -0.2) is 0 Å². The summed E-state index contributed by atoms with van der Waals surface area (Å²) in [7, 11) is 1.24. The van der Waals surface area contributed by atoms with E-state index < -0.39 is 26.6 Å². The van der Waals surface area contributed by atoms with Crippen LogP contribution >= 0.6 is 7.82 Å². The summed E-state index contributed by atoms with van der Waals surface area (Å²) >= 11 is 0. The van der Waals surface area contributed by atoms with E-state index in [9.17, 15) is 19.4 Å². The van der Waals surface area contributed by atoms with E-state index in [0.717, 1.165) is 57.8 Å². The molecule has 370 valence electrons. The SMILES string of the molecule is CCCCCC/C=C\C/C=C\CCCCCCCCCC(=O)NC(COP(=O)([O-])OCC[N+](C)(C)C)C(O)/C=C/CC/C=C/CCCCCCCCCCCCCCCCCCC. The molecule has 63 heavy (non-hydrogen) atoms. The van der Waals surface area contributed by atoms with Crippen molar-refractivity contribution in [1.82, 2.24) is 5.32 Å². The van der Waals surface area contributed by atoms with Gasteiger partial charge in [0.2, 0.25) is 5.91 Å². The van der Waals surface area contributed by atoms with Crippen molar-refractivity contribution in [3.05, 3.63) is 48.6 Å². The van der Waals surface area contributed by atoms with Crippen molar-refractivity contribution in [2.45, 2.75) is 251 Å². The highest BCUT2D eigenvalue weighted by Gasteiger charge is 2.23. The first kappa shape index (κ1) is 61.5. The van der Waals surface area contributed by atoms with Crippen LogP contribution in [0.15, 0.2) is 48.6 Å². The second-order valence-corrected chi connectivity index (χ2v) is 20.6. The first-order valence-electron chi connectivity index (χ1n) is 26.5. The highest BCUT2D eigenvalue weighted by atomic mass is 31.2. The standard InChI is InChI=1S/C54H103N2O6P/c1-6-8-10-12-14-16-18-20-22-24-26-27-28-29-30-31-33-35-37-39-41-43-45-47-53(57)52(51-62-63(59,60)61-50-49-56(3,4)5)55-54(58)48-46-44-42-40-38-36-34-32-25-23-21-19-17-15-13-11-9-7-2/h17,19,23,25,37,39,45,47,52-53,57H,6-16,18,20-22,24,26-36,38,40-44,46,48-51H2,1-5H3,(H-,55,58,59,60)/b19-17-,25-23-,39-37+,47-45+. The first-order valence-corrected chi connectivity index (χ1v) is 28.0. The van der Waals surface area contributed by atoms with Crippen molar-refractivity contribution < 1.29 is 32.9 Å². The Hall–Kier alpha value is -1.54. The summed E-state index contributed by atoms with van der Waals surface area (Å²) in [4.78, 5) is 25.4. The average molecular weight is 907 g/mol. The summed E-state index contributed by atoms with van der Waals surface area (Å²) < 4.78 is 23.3. The molecule has 1 amide bonds. The monoisotopic (exact) mass is 907 g/mol. The minimum Gasteiger partial charge on any atom is -0.756 e. The minimum absolute atomic E-state index is 0.00892. The van der Waals surface area contributed by atoms with Gasteiger partial charge >= 0.3 is 0 Å². The number of carbonyl (C=O) groups is 1. The maximum atomic E-state index is 12.9. The van der Waals surface area contributed by atoms with Gasteiger partial charge in [0, 0.05) is 6.42 Å². The zero-order valence-electron chi connectivity index (χ0n) is 42.0. The van der Waals surface area contributed by atoms with Gasteiger partial charge in [0.15, 0.2) is 0 Å². The Bertz CT molecular complexity index is 1170. The molecule has 0 aliphatic carbocycles. The fourth-order valence-electron chi connectivity index (χ4n) is 7.55. The summed E-state index contributed by atoms with van der Waals surface area (Å²) in [5.41, 5.74) is 0. The van der Waals surface area contributed by atoms with Crippen LogP contribution in [0.1, 0.15) is 239 Å². The third kappa shape index (κ3) is 48.2. The molecular formula is C54H103N2O6P. The molecule has 0 bridgehead atoms. The molecule has 0 aromatic heterocycles. The molecule has 0 radical (unpaired) electrons. The van der Waals surface area contributed by atoms with Gasteiger partial charge in [0.1, 0.15) is 13.2 Å². The number of aliphatic hydroxyl groups is 1. The zero-order chi connectivity index (χ0) is 46.4. The third-order valence-corrected chi connectivity index (χ3v) is 12.7. The van der Waals surface area contributed by atoms with Crippen LogP contribution in [0, 0.1) is 0 Å². The average Bonchev–Trinajstić information content (AvgIpc) is 3.24. The van der Waals surface area contributed by atoms with Crippen LogP contribution in [0.3, 0.4) is 0 Å². The molecule has 0 spiro atoms. The van der Waals surface area contributed by atoms with Crippen LogP contribution in [0.5, 0.6) is 0 Å². The van der Waals surface area contributed by atoms with E-state index >= 15 is 0 Å². The highest BCUT2D eigenvalue weighted by Crippen LogP contribution is 2.38. The van der Waals surface area contributed by atoms with E-state index in [1.54, 1.807) is 6.08 Å². The number of phosphoric acid groups is 1. The molecular weight excluding hydrogens is 804 g/mol. The lowest BCUT2D eigenvalue weighted by atomic mass is 10.0. The van der Waals surface area contributed by atoms with E-state index in [0.29, 0.717) is 17.4 Å². The topological polar surface area (TPSA) is 108 Å². The number of hydrogen-bond donors (Lipinski definition) is 2. The highest BCUT2D eigenvalue weighted by molar-refractivity contribution is 7.45. The third-order valence-electron chi connectivity index (χ3n) is 11.8. The van der Waals surface area contributed by atoms with Crippen molar-refractivity contribution in [3.8, 4) is 0 Å². The van der Waals surface area contributed by atoms with Crippen molar-refractivity contribution in [3.63, 3.8) is 0 Å². The second kappa shape index (κ2) is 45.6. The van der Waals surface area contributed by atoms with E-state index in [2.05, 4.69) is 55.6 Å². The Morgan fingerprint density at radius 2 is 0.937 bits per heavy atom. The first-order chi connectivity index (χ1) is 30.5. The Balaban J connectivity index is 4.34. The lowest BCUT2D eigenvalue weighted by Gasteiger charge is -2.29. The van der Waals surface area contributed by atoms with E-state index in [-0.39, 0.29) is 12.5 Å². The molecule has 0 aromatic carbocycles. The molecule has 8 nitrogen and oxygen atoms in total. The molecule has 0 aromatic rings. The molecule has 9 heteroatoms. The Morgan fingerprint density at radius 3 is 1.40 bits per heavy atom. The van der Waals surface area contributed by atoms with Gasteiger partial charge in [-0.3, -0.25) is 9.36 Å². The number of nitrogens with one attached hydrogen (secondary N) is 1. The number of hydrogen-bond acceptors (Lipinski definition) is 6. The summed E-state index contributed by atoms with van der Waals surface area (Å²) in [5, 5.41) is 13.8. The minimum atomic E-state index is -4.60. The number of rotatable bonds is 48. The second-order valence-electron chi connectivity index (χ2n) is 19.2. The zero-order valence-corrected chi connectivity index (χ0v) is 42.9. The molecule has 0 saturated carbocycles. The van der Waals surface area contributed by atoms with Crippen LogP contribution in [0.4, 0.5) is 0 Å². The van der Waals surface area contributed by atoms with Crippen LogP contribution < -0.4 is 10.2 Å². The largest absolute Gasteiger partial charge is 0.756 e. The van der Waals surface area contributed by atoms with Gasteiger partial charge in [-0.15, -0.1) is 0 Å². The number of nitrogens with zero attached hydrogens (tertiary/aromatic N) is 1. The van der Waals surface area contributed by atoms with Crippen molar-refractivity contribution >= 4 is 13.7 Å². The van der Waals surface area contributed by atoms with Gasteiger partial charge in [-0.1, -0.05) is 217 Å². The van der Waals surface area contributed by atoms with Crippen molar-refractivity contribution in [2.24, 2.45) is 0 Å². The van der Waals surface area contributed by atoms with Gasteiger partial charge in [-0.2, -0.15) is 0 Å². The number of unbranched alkanes of at least 4 members (excludes halogenated alkanes) is 29. The molecule has 0 fully saturated rings. The van der Waals surface area contributed by atoms with Crippen LogP contribution in [-0.4, -0.2) is 68.5 Å². The molecule has 3 atom stereocenters. The number of allylic oxidation sites excluding steroid dienone is 7. The molecule has 2 N–H and O–H groups in total. The lowest BCUT2D eigenvalue weighted by Crippen LogP contribution is -2.45. The van der Waals surface area contributed by atoms with Gasteiger partial charge in [0.05, 0.1) is 39.9 Å². The fraction of sp³-hybridized carbons (Fsp3) is 0.833. The van der Waals surface area contributed by atoms with E-state index in [4.69, 9.17) is 9.05 Å².